The molecular weight excluding hydrogens is 217 g/mol. The number of halogens is 1. The zero-order valence-corrected chi connectivity index (χ0v) is 8.14. The third-order valence-electron chi connectivity index (χ3n) is 2.24. The molecule has 0 unspecified atom stereocenters. The third-order valence-corrected chi connectivity index (χ3v) is 2.24. The monoisotopic (exact) mass is 225 g/mol. The summed E-state index contributed by atoms with van der Waals surface area (Å²) >= 11 is 0. The molecule has 1 heterocycles. The van der Waals surface area contributed by atoms with Gasteiger partial charge in [0.2, 0.25) is 0 Å². The van der Waals surface area contributed by atoms with E-state index in [4.69, 9.17) is 5.11 Å². The molecule has 1 amide bonds. The van der Waals surface area contributed by atoms with E-state index in [0.717, 1.165) is 23.1 Å². The maximum atomic E-state index is 13.0. The largest absolute Gasteiger partial charge is 0.478 e. The highest BCUT2D eigenvalue weighted by atomic mass is 19.1. The molecular formula is C10H8FNO4. The van der Waals surface area contributed by atoms with E-state index in [1.54, 1.807) is 0 Å². The molecule has 0 atom stereocenters. The van der Waals surface area contributed by atoms with E-state index in [0.29, 0.717) is 0 Å². The van der Waals surface area contributed by atoms with Crippen LogP contribution in [0.1, 0.15) is 10.4 Å². The lowest BCUT2D eigenvalue weighted by Crippen LogP contribution is -2.25. The highest BCUT2D eigenvalue weighted by Crippen LogP contribution is 2.24. The van der Waals surface area contributed by atoms with E-state index < -0.39 is 17.9 Å². The molecule has 0 radical (unpaired) electrons. The second-order valence-corrected chi connectivity index (χ2v) is 3.23. The summed E-state index contributed by atoms with van der Waals surface area (Å²) in [5.41, 5.74) is -0.102. The summed E-state index contributed by atoms with van der Waals surface area (Å²) < 4.78 is 17.7. The lowest BCUT2D eigenvalue weighted by Gasteiger charge is -2.15. The van der Waals surface area contributed by atoms with Crippen molar-refractivity contribution in [2.24, 2.45) is 0 Å². The standard InChI is InChI=1S/C10H8FNO4/c11-6-1-2-7(9(13)14)8(5-6)12-3-4-16-10(12)15/h1-2,5H,3-4H2,(H,13,14). The second-order valence-electron chi connectivity index (χ2n) is 3.23. The number of aromatic carboxylic acids is 1. The highest BCUT2D eigenvalue weighted by Gasteiger charge is 2.27. The van der Waals surface area contributed by atoms with E-state index >= 15 is 0 Å². The van der Waals surface area contributed by atoms with Gasteiger partial charge in [0, 0.05) is 0 Å². The van der Waals surface area contributed by atoms with Gasteiger partial charge in [-0.05, 0) is 18.2 Å². The van der Waals surface area contributed by atoms with Crippen molar-refractivity contribution < 1.29 is 23.8 Å². The van der Waals surface area contributed by atoms with Gasteiger partial charge in [0.1, 0.15) is 12.4 Å². The van der Waals surface area contributed by atoms with E-state index in [9.17, 15) is 14.0 Å². The molecule has 84 valence electrons. The first-order chi connectivity index (χ1) is 7.59. The molecule has 5 nitrogen and oxygen atoms in total. The summed E-state index contributed by atoms with van der Waals surface area (Å²) in [5.74, 6) is -1.81. The molecule has 1 N–H and O–H groups in total. The quantitative estimate of drug-likeness (QED) is 0.827. The normalized spacial score (nSPS) is 15.1. The van der Waals surface area contributed by atoms with Crippen LogP contribution in [0.4, 0.5) is 14.9 Å². The molecule has 6 heteroatoms. The van der Waals surface area contributed by atoms with Gasteiger partial charge in [-0.15, -0.1) is 0 Å². The molecule has 1 aliphatic rings. The Hall–Kier alpha value is -2.11. The van der Waals surface area contributed by atoms with E-state index in [-0.39, 0.29) is 24.4 Å². The van der Waals surface area contributed by atoms with Gasteiger partial charge in [-0.25, -0.2) is 14.0 Å². The minimum atomic E-state index is -1.21. The van der Waals surface area contributed by atoms with Crippen LogP contribution in [0.3, 0.4) is 0 Å². The Morgan fingerprint density at radius 3 is 2.81 bits per heavy atom. The molecule has 0 saturated carbocycles. The number of benzene rings is 1. The molecule has 0 aliphatic carbocycles. The Kier molecular flexibility index (Phi) is 2.47. The van der Waals surface area contributed by atoms with Crippen LogP contribution < -0.4 is 4.90 Å². The number of ether oxygens (including phenoxy) is 1. The van der Waals surface area contributed by atoms with Crippen molar-refractivity contribution in [3.63, 3.8) is 0 Å². The number of carbonyl (C=O) groups is 2. The fourth-order valence-corrected chi connectivity index (χ4v) is 1.52. The number of carboxylic acids is 1. The van der Waals surface area contributed by atoms with Crippen molar-refractivity contribution in [2.45, 2.75) is 0 Å². The Morgan fingerprint density at radius 1 is 1.50 bits per heavy atom. The van der Waals surface area contributed by atoms with Crippen LogP contribution in [0, 0.1) is 5.82 Å². The molecule has 0 bridgehead atoms. The summed E-state index contributed by atoms with van der Waals surface area (Å²) in [4.78, 5) is 23.2. The Bertz CT molecular complexity index is 460. The van der Waals surface area contributed by atoms with E-state index in [1.807, 2.05) is 0 Å². The first kappa shape index (κ1) is 10.4. The van der Waals surface area contributed by atoms with Crippen molar-refractivity contribution in [1.82, 2.24) is 0 Å². The van der Waals surface area contributed by atoms with Crippen LogP contribution in [0.2, 0.25) is 0 Å². The predicted molar refractivity (Wildman–Crippen MR) is 52.1 cm³/mol. The number of cyclic esters (lactones) is 1. The predicted octanol–water partition coefficient (Wildman–Crippen LogP) is 1.48. The number of carboxylic acid groups (broad SMARTS) is 1. The Balaban J connectivity index is 2.48. The van der Waals surface area contributed by atoms with Gasteiger partial charge in [-0.1, -0.05) is 0 Å². The molecule has 2 rings (SSSR count). The number of hydrogen-bond donors (Lipinski definition) is 1. The summed E-state index contributed by atoms with van der Waals surface area (Å²) in [6.45, 7) is 0.400. The smallest absolute Gasteiger partial charge is 0.414 e. The van der Waals surface area contributed by atoms with Gasteiger partial charge in [-0.3, -0.25) is 4.90 Å². The minimum Gasteiger partial charge on any atom is -0.478 e. The first-order valence-electron chi connectivity index (χ1n) is 4.57. The van der Waals surface area contributed by atoms with Crippen molar-refractivity contribution >= 4 is 17.7 Å². The van der Waals surface area contributed by atoms with Crippen LogP contribution in [0.25, 0.3) is 0 Å². The Labute approximate surface area is 90.0 Å². The van der Waals surface area contributed by atoms with Gasteiger partial charge < -0.3 is 9.84 Å². The zero-order valence-electron chi connectivity index (χ0n) is 8.14. The summed E-state index contributed by atoms with van der Waals surface area (Å²) in [5, 5.41) is 8.90. The van der Waals surface area contributed by atoms with Gasteiger partial charge >= 0.3 is 12.1 Å². The molecule has 16 heavy (non-hydrogen) atoms. The fourth-order valence-electron chi connectivity index (χ4n) is 1.52. The van der Waals surface area contributed by atoms with Crippen molar-refractivity contribution in [1.29, 1.82) is 0 Å². The molecule has 0 aromatic heterocycles. The van der Waals surface area contributed by atoms with Gasteiger partial charge in [0.05, 0.1) is 17.8 Å². The van der Waals surface area contributed by atoms with Crippen LogP contribution >= 0.6 is 0 Å². The zero-order chi connectivity index (χ0) is 11.7. The molecule has 1 aliphatic heterocycles. The number of carbonyl (C=O) groups excluding carboxylic acids is 1. The number of nitrogens with zero attached hydrogens (tertiary/aromatic N) is 1. The van der Waals surface area contributed by atoms with Gasteiger partial charge in [0.25, 0.3) is 0 Å². The molecule has 1 aromatic carbocycles. The maximum Gasteiger partial charge on any atom is 0.414 e. The fraction of sp³-hybridized carbons (Fsp3) is 0.200. The maximum absolute atomic E-state index is 13.0. The van der Waals surface area contributed by atoms with Crippen LogP contribution in [-0.2, 0) is 4.74 Å². The molecule has 0 spiro atoms. The molecule has 1 aromatic rings. The first-order valence-corrected chi connectivity index (χ1v) is 4.57. The third kappa shape index (κ3) is 1.69. The Morgan fingerprint density at radius 2 is 2.25 bits per heavy atom. The number of anilines is 1. The number of rotatable bonds is 2. The van der Waals surface area contributed by atoms with Gasteiger partial charge in [-0.2, -0.15) is 0 Å². The van der Waals surface area contributed by atoms with Crippen LogP contribution in [-0.4, -0.2) is 30.3 Å². The number of hydrogen-bond acceptors (Lipinski definition) is 3. The van der Waals surface area contributed by atoms with Crippen LogP contribution in [0.15, 0.2) is 18.2 Å². The average Bonchev–Trinajstić information content (AvgIpc) is 2.63. The SMILES string of the molecule is O=C(O)c1ccc(F)cc1N1CCOC1=O. The van der Waals surface area contributed by atoms with Crippen molar-refractivity contribution in [3.8, 4) is 0 Å². The summed E-state index contributed by atoms with van der Waals surface area (Å²) in [6, 6.07) is 3.17. The summed E-state index contributed by atoms with van der Waals surface area (Å²) in [7, 11) is 0. The lowest BCUT2D eigenvalue weighted by atomic mass is 10.1. The minimum absolute atomic E-state index is 0.0231. The van der Waals surface area contributed by atoms with Crippen molar-refractivity contribution in [2.75, 3.05) is 18.1 Å². The topological polar surface area (TPSA) is 66.8 Å². The number of amides is 1. The average molecular weight is 225 g/mol. The molecule has 1 fully saturated rings. The summed E-state index contributed by atoms with van der Waals surface area (Å²) in [6.07, 6.45) is -0.659. The van der Waals surface area contributed by atoms with Gasteiger partial charge in [0.15, 0.2) is 0 Å². The van der Waals surface area contributed by atoms with Crippen LogP contribution in [0.5, 0.6) is 0 Å². The second kappa shape index (κ2) is 3.80. The highest BCUT2D eigenvalue weighted by molar-refractivity contribution is 6.00. The van der Waals surface area contributed by atoms with E-state index in [1.165, 1.54) is 0 Å². The van der Waals surface area contributed by atoms with Crippen molar-refractivity contribution in [3.05, 3.63) is 29.6 Å². The lowest BCUT2D eigenvalue weighted by molar-refractivity contribution is 0.0697. The molecule has 1 saturated heterocycles. The van der Waals surface area contributed by atoms with E-state index in [2.05, 4.69) is 4.74 Å².